The van der Waals surface area contributed by atoms with E-state index in [0.717, 1.165) is 67.8 Å². The number of aromatic nitrogens is 4. The monoisotopic (exact) mass is 606 g/mol. The highest BCUT2D eigenvalue weighted by Gasteiger charge is 2.19. The second-order valence-corrected chi connectivity index (χ2v) is 11.8. The highest BCUT2D eigenvalue weighted by atomic mass is 35.5. The van der Waals surface area contributed by atoms with Crippen LogP contribution in [0.15, 0.2) is 61.1 Å². The smallest absolute Gasteiger partial charge is 0.407 e. The summed E-state index contributed by atoms with van der Waals surface area (Å²) in [7, 11) is 0. The van der Waals surface area contributed by atoms with Gasteiger partial charge in [0.05, 0.1) is 36.8 Å². The summed E-state index contributed by atoms with van der Waals surface area (Å²) in [5.74, 6) is 1.42. The molecule has 0 spiro atoms. The molecule has 3 aromatic heterocycles. The molecule has 4 heterocycles. The van der Waals surface area contributed by atoms with E-state index in [1.165, 1.54) is 0 Å². The molecule has 5 rings (SSSR count). The molecule has 0 radical (unpaired) electrons. The standard InChI is InChI=1S/C31H39ClN8O3/c1-31(2,3)43-30(41)35-11-10-24(22-6-4-7-23(32)20-22)37-27-9-5-8-25(38-27)26-21-36-29-28(34-13-15-40(26)29)33-12-14-39-16-18-42-19-17-39/h4-9,13,15,20-21,24H,10-12,14,16-19H2,1-3H3,(H,33,34)(H,35,41)(H,37,38). The highest BCUT2D eigenvalue weighted by molar-refractivity contribution is 6.30. The van der Waals surface area contributed by atoms with E-state index in [0.29, 0.717) is 23.8 Å². The summed E-state index contributed by atoms with van der Waals surface area (Å²) in [6, 6.07) is 13.4. The van der Waals surface area contributed by atoms with Gasteiger partial charge >= 0.3 is 6.09 Å². The molecule has 12 heteroatoms. The van der Waals surface area contributed by atoms with Crippen LogP contribution in [0.4, 0.5) is 16.4 Å². The fourth-order valence-corrected chi connectivity index (χ4v) is 5.10. The number of hydrogen-bond acceptors (Lipinski definition) is 9. The van der Waals surface area contributed by atoms with Crippen LogP contribution in [-0.2, 0) is 9.47 Å². The maximum Gasteiger partial charge on any atom is 0.407 e. The van der Waals surface area contributed by atoms with Crippen LogP contribution in [0.25, 0.3) is 17.0 Å². The lowest BCUT2D eigenvalue weighted by atomic mass is 10.0. The van der Waals surface area contributed by atoms with Crippen LogP contribution in [0.5, 0.6) is 0 Å². The summed E-state index contributed by atoms with van der Waals surface area (Å²) in [6.45, 7) is 11.0. The molecule has 1 fully saturated rings. The maximum absolute atomic E-state index is 12.2. The normalized spacial score (nSPS) is 14.8. The van der Waals surface area contributed by atoms with Gasteiger partial charge in [-0.05, 0) is 57.0 Å². The van der Waals surface area contributed by atoms with E-state index in [9.17, 15) is 4.79 Å². The first-order chi connectivity index (χ1) is 20.7. The van der Waals surface area contributed by atoms with Gasteiger partial charge in [-0.2, -0.15) is 0 Å². The Morgan fingerprint density at radius 1 is 1.12 bits per heavy atom. The van der Waals surface area contributed by atoms with Gasteiger partial charge in [-0.25, -0.2) is 19.7 Å². The minimum absolute atomic E-state index is 0.162. The number of halogens is 1. The van der Waals surface area contributed by atoms with Gasteiger partial charge in [0.1, 0.15) is 11.4 Å². The number of carbonyl (C=O) groups excluding carboxylic acids is 1. The summed E-state index contributed by atoms with van der Waals surface area (Å²) in [4.78, 5) is 28.7. The van der Waals surface area contributed by atoms with Crippen LogP contribution in [-0.4, -0.2) is 81.9 Å². The summed E-state index contributed by atoms with van der Waals surface area (Å²) >= 11 is 6.32. The number of nitrogens with one attached hydrogen (secondary N) is 3. The van der Waals surface area contributed by atoms with Gasteiger partial charge in [0.15, 0.2) is 11.5 Å². The molecule has 43 heavy (non-hydrogen) atoms. The second kappa shape index (κ2) is 14.0. The topological polar surface area (TPSA) is 118 Å². The number of carbonyl (C=O) groups is 1. The Hall–Kier alpha value is -3.93. The van der Waals surface area contributed by atoms with Crippen molar-refractivity contribution >= 4 is 35.0 Å². The van der Waals surface area contributed by atoms with Crippen molar-refractivity contribution in [1.29, 1.82) is 0 Å². The van der Waals surface area contributed by atoms with Gasteiger partial charge < -0.3 is 25.4 Å². The Morgan fingerprint density at radius 2 is 1.93 bits per heavy atom. The zero-order chi connectivity index (χ0) is 30.2. The molecule has 0 saturated carbocycles. The zero-order valence-electron chi connectivity index (χ0n) is 24.8. The highest BCUT2D eigenvalue weighted by Crippen LogP contribution is 2.27. The van der Waals surface area contributed by atoms with Crippen molar-refractivity contribution in [2.45, 2.75) is 38.8 Å². The minimum atomic E-state index is -0.563. The summed E-state index contributed by atoms with van der Waals surface area (Å²) in [6.07, 6.45) is 5.62. The SMILES string of the molecule is CC(C)(C)OC(=O)NCCC(Nc1cccc(-c2cnc3c(NCCN4CCOCC4)nccn23)n1)c1cccc(Cl)c1. The van der Waals surface area contributed by atoms with Crippen LogP contribution in [0.2, 0.25) is 5.02 Å². The van der Waals surface area contributed by atoms with Crippen molar-refractivity contribution in [1.82, 2.24) is 29.6 Å². The molecule has 1 aliphatic rings. The molecule has 11 nitrogen and oxygen atoms in total. The number of morpholine rings is 1. The number of nitrogens with zero attached hydrogens (tertiary/aromatic N) is 5. The van der Waals surface area contributed by atoms with Crippen LogP contribution in [0, 0.1) is 0 Å². The number of amides is 1. The number of alkyl carbamates (subject to hydrolysis) is 1. The van der Waals surface area contributed by atoms with Crippen LogP contribution < -0.4 is 16.0 Å². The number of anilines is 2. The van der Waals surface area contributed by atoms with E-state index in [1.807, 2.05) is 80.0 Å². The van der Waals surface area contributed by atoms with Crippen molar-refractivity contribution in [2.24, 2.45) is 0 Å². The Bertz CT molecular complexity index is 1520. The van der Waals surface area contributed by atoms with E-state index in [1.54, 1.807) is 6.20 Å². The number of ether oxygens (including phenoxy) is 2. The predicted octanol–water partition coefficient (Wildman–Crippen LogP) is 5.26. The molecule has 228 valence electrons. The Balaban J connectivity index is 1.30. The minimum Gasteiger partial charge on any atom is -0.444 e. The largest absolute Gasteiger partial charge is 0.444 e. The van der Waals surface area contributed by atoms with Gasteiger partial charge in [0.25, 0.3) is 0 Å². The number of pyridine rings is 1. The maximum atomic E-state index is 12.2. The Kier molecular flexibility index (Phi) is 9.96. The number of imidazole rings is 1. The van der Waals surface area contributed by atoms with Crippen molar-refractivity contribution in [2.75, 3.05) is 56.6 Å². The van der Waals surface area contributed by atoms with E-state index in [-0.39, 0.29) is 6.04 Å². The van der Waals surface area contributed by atoms with Gasteiger partial charge in [0.2, 0.25) is 0 Å². The Labute approximate surface area is 257 Å². The fourth-order valence-electron chi connectivity index (χ4n) is 4.91. The van der Waals surface area contributed by atoms with E-state index < -0.39 is 11.7 Å². The first-order valence-electron chi connectivity index (χ1n) is 14.6. The lowest BCUT2D eigenvalue weighted by Crippen LogP contribution is -2.39. The molecule has 1 unspecified atom stereocenters. The molecule has 1 aromatic carbocycles. The van der Waals surface area contributed by atoms with Crippen LogP contribution >= 0.6 is 11.6 Å². The third-order valence-corrected chi connectivity index (χ3v) is 7.17. The van der Waals surface area contributed by atoms with Crippen molar-refractivity contribution in [3.63, 3.8) is 0 Å². The predicted molar refractivity (Wildman–Crippen MR) is 169 cm³/mol. The molecule has 0 bridgehead atoms. The van der Waals surface area contributed by atoms with E-state index >= 15 is 0 Å². The second-order valence-electron chi connectivity index (χ2n) is 11.4. The third-order valence-electron chi connectivity index (χ3n) is 6.94. The molecular formula is C31H39ClN8O3. The Morgan fingerprint density at radius 3 is 2.72 bits per heavy atom. The van der Waals surface area contributed by atoms with Gasteiger partial charge in [0, 0.05) is 50.1 Å². The molecule has 3 N–H and O–H groups in total. The zero-order valence-corrected chi connectivity index (χ0v) is 25.6. The molecule has 1 aliphatic heterocycles. The van der Waals surface area contributed by atoms with Gasteiger partial charge in [-0.1, -0.05) is 29.8 Å². The molecule has 1 atom stereocenters. The first-order valence-corrected chi connectivity index (χ1v) is 15.0. The fraction of sp³-hybridized carbons (Fsp3) is 0.419. The number of hydrogen-bond donors (Lipinski definition) is 3. The summed E-state index contributed by atoms with van der Waals surface area (Å²) in [5.41, 5.74) is 2.78. The first kappa shape index (κ1) is 30.5. The molecule has 0 aliphatic carbocycles. The average molecular weight is 607 g/mol. The lowest BCUT2D eigenvalue weighted by molar-refractivity contribution is 0.0398. The van der Waals surface area contributed by atoms with Crippen LogP contribution in [0.3, 0.4) is 0 Å². The summed E-state index contributed by atoms with van der Waals surface area (Å²) in [5, 5.41) is 10.5. The van der Waals surface area contributed by atoms with E-state index in [2.05, 4.69) is 30.8 Å². The molecule has 4 aromatic rings. The molecular weight excluding hydrogens is 568 g/mol. The van der Waals surface area contributed by atoms with Crippen LogP contribution in [0.1, 0.15) is 38.8 Å². The van der Waals surface area contributed by atoms with Crippen molar-refractivity contribution in [3.05, 3.63) is 71.6 Å². The van der Waals surface area contributed by atoms with Gasteiger partial charge in [-0.3, -0.25) is 9.30 Å². The average Bonchev–Trinajstić information content (AvgIpc) is 3.42. The van der Waals surface area contributed by atoms with Crippen molar-refractivity contribution < 1.29 is 14.3 Å². The number of fused-ring (bicyclic) bond motifs is 1. The lowest BCUT2D eigenvalue weighted by Gasteiger charge is -2.26. The van der Waals surface area contributed by atoms with Gasteiger partial charge in [-0.15, -0.1) is 0 Å². The third kappa shape index (κ3) is 8.56. The summed E-state index contributed by atoms with van der Waals surface area (Å²) < 4.78 is 12.8. The van der Waals surface area contributed by atoms with Crippen molar-refractivity contribution in [3.8, 4) is 11.4 Å². The number of rotatable bonds is 11. The molecule has 1 saturated heterocycles. The molecule has 1 amide bonds. The quantitative estimate of drug-likeness (QED) is 0.210. The van der Waals surface area contributed by atoms with E-state index in [4.69, 9.17) is 26.1 Å². The number of benzene rings is 1.